The van der Waals surface area contributed by atoms with Crippen LogP contribution in [0.1, 0.15) is 26.7 Å². The maximum atomic E-state index is 10.5. The number of amidine groups is 1. The molecule has 0 radical (unpaired) electrons. The minimum Gasteiger partial charge on any atom is -0.409 e. The summed E-state index contributed by atoms with van der Waals surface area (Å²) < 4.78 is 1.51. The summed E-state index contributed by atoms with van der Waals surface area (Å²) in [5.74, 6) is 0.175. The SMILES string of the molecule is CC(C)(CCCn1cc([N+](=O)[O-])cn1)/C(N)=N/O. The molecule has 0 bridgehead atoms. The van der Waals surface area contributed by atoms with Gasteiger partial charge in [0.15, 0.2) is 0 Å². The molecule has 0 aromatic carbocycles. The average molecular weight is 255 g/mol. The van der Waals surface area contributed by atoms with Crippen molar-refractivity contribution in [2.75, 3.05) is 0 Å². The van der Waals surface area contributed by atoms with Gasteiger partial charge >= 0.3 is 5.69 Å². The summed E-state index contributed by atoms with van der Waals surface area (Å²) in [5, 5.41) is 26.0. The summed E-state index contributed by atoms with van der Waals surface area (Å²) >= 11 is 0. The standard InChI is InChI=1S/C10H17N5O3/c1-10(2,9(11)13-16)4-3-5-14-7-8(6-12-14)15(17)18/h6-7,16H,3-5H2,1-2H3,(H2,11,13). The molecule has 3 N–H and O–H groups in total. The Bertz CT molecular complexity index is 452. The number of nitro groups is 1. The van der Waals surface area contributed by atoms with Gasteiger partial charge in [-0.05, 0) is 12.8 Å². The molecule has 100 valence electrons. The van der Waals surface area contributed by atoms with Crippen LogP contribution in [-0.4, -0.2) is 25.7 Å². The number of rotatable bonds is 6. The van der Waals surface area contributed by atoms with E-state index >= 15 is 0 Å². The highest BCUT2D eigenvalue weighted by Gasteiger charge is 2.23. The quantitative estimate of drug-likeness (QED) is 0.261. The van der Waals surface area contributed by atoms with Crippen LogP contribution in [0.4, 0.5) is 5.69 Å². The van der Waals surface area contributed by atoms with Crippen molar-refractivity contribution in [2.24, 2.45) is 16.3 Å². The van der Waals surface area contributed by atoms with Crippen LogP contribution in [0, 0.1) is 15.5 Å². The Balaban J connectivity index is 2.49. The molecule has 8 nitrogen and oxygen atoms in total. The van der Waals surface area contributed by atoms with Crippen LogP contribution in [0.2, 0.25) is 0 Å². The van der Waals surface area contributed by atoms with Crippen molar-refractivity contribution in [3.8, 4) is 0 Å². The number of nitrogens with two attached hydrogens (primary N) is 1. The second-order valence-corrected chi connectivity index (χ2v) is 4.69. The van der Waals surface area contributed by atoms with E-state index in [4.69, 9.17) is 10.9 Å². The molecule has 0 aliphatic heterocycles. The predicted octanol–water partition coefficient (Wildman–Crippen LogP) is 1.34. The Labute approximate surface area is 104 Å². The molecule has 8 heteroatoms. The molecule has 0 atom stereocenters. The molecule has 1 rings (SSSR count). The molecule has 1 heterocycles. The lowest BCUT2D eigenvalue weighted by Gasteiger charge is -2.22. The van der Waals surface area contributed by atoms with E-state index in [2.05, 4.69) is 10.3 Å². The van der Waals surface area contributed by atoms with Crippen molar-refractivity contribution in [2.45, 2.75) is 33.2 Å². The van der Waals surface area contributed by atoms with Crippen LogP contribution < -0.4 is 5.73 Å². The number of hydrogen-bond donors (Lipinski definition) is 2. The van der Waals surface area contributed by atoms with Crippen molar-refractivity contribution >= 4 is 11.5 Å². The maximum Gasteiger partial charge on any atom is 0.306 e. The minimum absolute atomic E-state index is 0.0225. The first-order chi connectivity index (χ1) is 8.36. The number of oxime groups is 1. The monoisotopic (exact) mass is 255 g/mol. The van der Waals surface area contributed by atoms with E-state index < -0.39 is 10.3 Å². The van der Waals surface area contributed by atoms with Crippen LogP contribution in [0.25, 0.3) is 0 Å². The Hall–Kier alpha value is -2.12. The molecule has 1 aromatic rings. The smallest absolute Gasteiger partial charge is 0.306 e. The fourth-order valence-corrected chi connectivity index (χ4v) is 1.52. The third-order valence-electron chi connectivity index (χ3n) is 2.82. The zero-order valence-electron chi connectivity index (χ0n) is 10.4. The largest absolute Gasteiger partial charge is 0.409 e. The molecule has 0 saturated carbocycles. The first-order valence-corrected chi connectivity index (χ1v) is 5.51. The second kappa shape index (κ2) is 5.48. The Morgan fingerprint density at radius 1 is 1.72 bits per heavy atom. The zero-order valence-corrected chi connectivity index (χ0v) is 10.4. The first kappa shape index (κ1) is 13.9. The molecule has 0 fully saturated rings. The van der Waals surface area contributed by atoms with Crippen LogP contribution in [0.3, 0.4) is 0 Å². The summed E-state index contributed by atoms with van der Waals surface area (Å²) in [7, 11) is 0. The third kappa shape index (κ3) is 3.44. The lowest BCUT2D eigenvalue weighted by atomic mass is 9.86. The van der Waals surface area contributed by atoms with Gasteiger partial charge < -0.3 is 10.9 Å². The van der Waals surface area contributed by atoms with Gasteiger partial charge in [-0.1, -0.05) is 19.0 Å². The highest BCUT2D eigenvalue weighted by atomic mass is 16.6. The van der Waals surface area contributed by atoms with Gasteiger partial charge in [-0.2, -0.15) is 5.10 Å². The molecule has 0 amide bonds. The van der Waals surface area contributed by atoms with Crippen molar-refractivity contribution in [1.29, 1.82) is 0 Å². The van der Waals surface area contributed by atoms with E-state index in [1.54, 1.807) is 0 Å². The van der Waals surface area contributed by atoms with Gasteiger partial charge in [0.1, 0.15) is 18.2 Å². The summed E-state index contributed by atoms with van der Waals surface area (Å²) in [5.41, 5.74) is 5.13. The molecule has 0 aliphatic carbocycles. The van der Waals surface area contributed by atoms with Crippen LogP contribution >= 0.6 is 0 Å². The molecule has 0 saturated heterocycles. The van der Waals surface area contributed by atoms with E-state index in [9.17, 15) is 10.1 Å². The van der Waals surface area contributed by atoms with Gasteiger partial charge in [0.2, 0.25) is 0 Å². The van der Waals surface area contributed by atoms with Crippen LogP contribution in [0.5, 0.6) is 0 Å². The predicted molar refractivity (Wildman–Crippen MR) is 65.3 cm³/mol. The van der Waals surface area contributed by atoms with Gasteiger partial charge in [0.05, 0.1) is 4.92 Å². The lowest BCUT2D eigenvalue weighted by Crippen LogP contribution is -2.32. The number of aromatic nitrogens is 2. The molecule has 0 spiro atoms. The minimum atomic E-state index is -0.482. The number of aryl methyl sites for hydroxylation is 1. The van der Waals surface area contributed by atoms with Crippen molar-refractivity contribution in [3.05, 3.63) is 22.5 Å². The summed E-state index contributed by atoms with van der Waals surface area (Å²) in [6.07, 6.45) is 4.02. The summed E-state index contributed by atoms with van der Waals surface area (Å²) in [6.45, 7) is 4.29. The maximum absolute atomic E-state index is 10.5. The summed E-state index contributed by atoms with van der Waals surface area (Å²) in [6, 6.07) is 0. The van der Waals surface area contributed by atoms with Crippen LogP contribution in [0.15, 0.2) is 17.5 Å². The average Bonchev–Trinajstić information content (AvgIpc) is 2.76. The molecule has 1 aromatic heterocycles. The fraction of sp³-hybridized carbons (Fsp3) is 0.600. The summed E-state index contributed by atoms with van der Waals surface area (Å²) in [4.78, 5) is 9.99. The van der Waals surface area contributed by atoms with Crippen molar-refractivity contribution in [1.82, 2.24) is 9.78 Å². The van der Waals surface area contributed by atoms with Gasteiger partial charge in [0, 0.05) is 12.0 Å². The normalized spacial score (nSPS) is 12.7. The Morgan fingerprint density at radius 2 is 2.39 bits per heavy atom. The van der Waals surface area contributed by atoms with Gasteiger partial charge in [-0.3, -0.25) is 14.8 Å². The van der Waals surface area contributed by atoms with Crippen molar-refractivity contribution in [3.63, 3.8) is 0 Å². The molecule has 0 aliphatic rings. The number of nitrogens with zero attached hydrogens (tertiary/aromatic N) is 4. The lowest BCUT2D eigenvalue weighted by molar-refractivity contribution is -0.385. The van der Waals surface area contributed by atoms with E-state index in [0.717, 1.165) is 6.42 Å². The van der Waals surface area contributed by atoms with Gasteiger partial charge in [-0.15, -0.1) is 0 Å². The Kier molecular flexibility index (Phi) is 4.24. The van der Waals surface area contributed by atoms with E-state index in [1.165, 1.54) is 17.1 Å². The highest BCUT2D eigenvalue weighted by molar-refractivity contribution is 5.85. The van der Waals surface area contributed by atoms with Crippen molar-refractivity contribution < 1.29 is 10.1 Å². The first-order valence-electron chi connectivity index (χ1n) is 5.51. The van der Waals surface area contributed by atoms with E-state index in [1.807, 2.05) is 13.8 Å². The Morgan fingerprint density at radius 3 is 2.89 bits per heavy atom. The topological polar surface area (TPSA) is 120 Å². The highest BCUT2D eigenvalue weighted by Crippen LogP contribution is 2.22. The fourth-order valence-electron chi connectivity index (χ4n) is 1.52. The zero-order chi connectivity index (χ0) is 13.8. The van der Waals surface area contributed by atoms with Gasteiger partial charge in [-0.25, -0.2) is 0 Å². The van der Waals surface area contributed by atoms with Gasteiger partial charge in [0.25, 0.3) is 0 Å². The van der Waals surface area contributed by atoms with E-state index in [-0.39, 0.29) is 11.5 Å². The van der Waals surface area contributed by atoms with E-state index in [0.29, 0.717) is 13.0 Å². The molecular formula is C10H17N5O3. The van der Waals surface area contributed by atoms with Crippen LogP contribution in [-0.2, 0) is 6.54 Å². The third-order valence-corrected chi connectivity index (χ3v) is 2.82. The molecule has 18 heavy (non-hydrogen) atoms. The molecule has 0 unspecified atom stereocenters. The number of hydrogen-bond acceptors (Lipinski definition) is 5. The molecular weight excluding hydrogens is 238 g/mol. The second-order valence-electron chi connectivity index (χ2n) is 4.69.